The summed E-state index contributed by atoms with van der Waals surface area (Å²) in [5.41, 5.74) is 1.92. The Hall–Kier alpha value is -2.39. The van der Waals surface area contributed by atoms with E-state index in [1.54, 1.807) is 0 Å². The third-order valence-electron chi connectivity index (χ3n) is 4.76. The van der Waals surface area contributed by atoms with Crippen molar-refractivity contribution in [3.63, 3.8) is 0 Å². The Kier molecular flexibility index (Phi) is 4.81. The van der Waals surface area contributed by atoms with Crippen molar-refractivity contribution < 1.29 is 14.7 Å². The summed E-state index contributed by atoms with van der Waals surface area (Å²) < 4.78 is 0. The zero-order valence-electron chi connectivity index (χ0n) is 13.4. The van der Waals surface area contributed by atoms with Crippen LogP contribution in [0.25, 0.3) is 0 Å². The molecule has 1 saturated carbocycles. The van der Waals surface area contributed by atoms with E-state index in [-0.39, 0.29) is 18.0 Å². The molecule has 6 heteroatoms. The maximum atomic E-state index is 12.5. The number of benzene rings is 1. The number of likely N-dealkylation sites (tertiary alicyclic amines) is 1. The van der Waals surface area contributed by atoms with E-state index in [9.17, 15) is 14.7 Å². The van der Waals surface area contributed by atoms with E-state index in [4.69, 9.17) is 5.26 Å². The first kappa shape index (κ1) is 16.5. The molecule has 6 nitrogen and oxygen atoms in total. The first-order chi connectivity index (χ1) is 11.6. The molecule has 0 aromatic heterocycles. The summed E-state index contributed by atoms with van der Waals surface area (Å²) in [4.78, 5) is 25.8. The molecule has 3 rings (SSSR count). The number of carbonyl (C=O) groups excluding carboxylic acids is 1. The van der Waals surface area contributed by atoms with Crippen molar-refractivity contribution >= 4 is 11.9 Å². The minimum absolute atomic E-state index is 0.0910. The van der Waals surface area contributed by atoms with Gasteiger partial charge in [-0.15, -0.1) is 0 Å². The number of carboxylic acid groups (broad SMARTS) is 1. The van der Waals surface area contributed by atoms with Crippen molar-refractivity contribution in [2.45, 2.75) is 56.8 Å². The highest BCUT2D eigenvalue weighted by atomic mass is 16.4. The van der Waals surface area contributed by atoms with Gasteiger partial charge >= 0.3 is 5.97 Å². The number of rotatable bonds is 6. The molecule has 1 aromatic rings. The van der Waals surface area contributed by atoms with E-state index in [0.717, 1.165) is 24.0 Å². The lowest BCUT2D eigenvalue weighted by Gasteiger charge is -2.27. The second kappa shape index (κ2) is 7.02. The van der Waals surface area contributed by atoms with Crippen LogP contribution in [-0.4, -0.2) is 40.0 Å². The third kappa shape index (κ3) is 3.57. The summed E-state index contributed by atoms with van der Waals surface area (Å²) in [6, 6.07) is 9.06. The van der Waals surface area contributed by atoms with Crippen LogP contribution >= 0.6 is 0 Å². The summed E-state index contributed by atoms with van der Waals surface area (Å²) in [7, 11) is 0. The van der Waals surface area contributed by atoms with Crippen molar-refractivity contribution in [1.29, 1.82) is 5.26 Å². The molecule has 1 saturated heterocycles. The molecule has 1 aliphatic heterocycles. The molecule has 2 N–H and O–H groups in total. The molecule has 0 spiro atoms. The number of nitriles is 1. The van der Waals surface area contributed by atoms with E-state index in [0.29, 0.717) is 25.8 Å². The fourth-order valence-electron chi connectivity index (χ4n) is 3.40. The Labute approximate surface area is 141 Å². The van der Waals surface area contributed by atoms with Crippen LogP contribution in [0.15, 0.2) is 24.3 Å². The molecule has 2 atom stereocenters. The lowest BCUT2D eigenvalue weighted by atomic mass is 10.1. The van der Waals surface area contributed by atoms with Gasteiger partial charge < -0.3 is 10.4 Å². The molecule has 126 valence electrons. The van der Waals surface area contributed by atoms with Crippen molar-refractivity contribution in [3.05, 3.63) is 35.4 Å². The van der Waals surface area contributed by atoms with Gasteiger partial charge in [0.25, 0.3) is 0 Å². The van der Waals surface area contributed by atoms with E-state index >= 15 is 0 Å². The van der Waals surface area contributed by atoms with Gasteiger partial charge in [0.1, 0.15) is 6.04 Å². The highest BCUT2D eigenvalue weighted by Gasteiger charge is 2.48. The van der Waals surface area contributed by atoms with Crippen LogP contribution in [0, 0.1) is 11.3 Å². The second-order valence-electron chi connectivity index (χ2n) is 6.49. The van der Waals surface area contributed by atoms with Gasteiger partial charge in [0.2, 0.25) is 5.91 Å². The Bertz CT molecular complexity index is 661. The summed E-state index contributed by atoms with van der Waals surface area (Å²) >= 11 is 0. The molecule has 2 fully saturated rings. The SMILES string of the molecule is N#CCc1ccc(CNC(=O)C2CCC(C(=O)O)N2C2CC2)cc1. The molecule has 1 aromatic carbocycles. The zero-order valence-corrected chi connectivity index (χ0v) is 13.4. The molecule has 1 aliphatic carbocycles. The smallest absolute Gasteiger partial charge is 0.320 e. The van der Waals surface area contributed by atoms with E-state index in [1.165, 1.54) is 0 Å². The maximum absolute atomic E-state index is 12.5. The number of hydrogen-bond donors (Lipinski definition) is 2. The van der Waals surface area contributed by atoms with Gasteiger partial charge in [0, 0.05) is 12.6 Å². The van der Waals surface area contributed by atoms with E-state index < -0.39 is 12.0 Å². The van der Waals surface area contributed by atoms with Crippen LogP contribution < -0.4 is 5.32 Å². The van der Waals surface area contributed by atoms with Gasteiger partial charge in [0.05, 0.1) is 18.5 Å². The number of nitrogens with zero attached hydrogens (tertiary/aromatic N) is 2. The Balaban J connectivity index is 1.58. The van der Waals surface area contributed by atoms with Crippen LogP contribution in [0.2, 0.25) is 0 Å². The molecular weight excluding hydrogens is 306 g/mol. The molecule has 0 bridgehead atoms. The quantitative estimate of drug-likeness (QED) is 0.825. The maximum Gasteiger partial charge on any atom is 0.320 e. The lowest BCUT2D eigenvalue weighted by Crippen LogP contribution is -2.49. The van der Waals surface area contributed by atoms with Crippen molar-refractivity contribution in [1.82, 2.24) is 10.2 Å². The molecule has 1 amide bonds. The first-order valence-electron chi connectivity index (χ1n) is 8.33. The van der Waals surface area contributed by atoms with Crippen molar-refractivity contribution in [3.8, 4) is 6.07 Å². The summed E-state index contributed by atoms with van der Waals surface area (Å²) in [5, 5.41) is 20.9. The Morgan fingerprint density at radius 1 is 1.12 bits per heavy atom. The van der Waals surface area contributed by atoms with E-state index in [1.807, 2.05) is 29.2 Å². The molecule has 2 unspecified atom stereocenters. The van der Waals surface area contributed by atoms with E-state index in [2.05, 4.69) is 11.4 Å². The zero-order chi connectivity index (χ0) is 17.1. The average Bonchev–Trinajstić information content (AvgIpc) is 3.31. The van der Waals surface area contributed by atoms with Gasteiger partial charge in [-0.05, 0) is 36.8 Å². The van der Waals surface area contributed by atoms with Gasteiger partial charge in [-0.25, -0.2) is 0 Å². The van der Waals surface area contributed by atoms with Crippen molar-refractivity contribution in [2.24, 2.45) is 0 Å². The molecular formula is C18H21N3O3. The van der Waals surface area contributed by atoms with Crippen LogP contribution in [0.4, 0.5) is 0 Å². The molecule has 24 heavy (non-hydrogen) atoms. The number of hydrogen-bond acceptors (Lipinski definition) is 4. The summed E-state index contributed by atoms with van der Waals surface area (Å²) in [6.45, 7) is 0.415. The highest BCUT2D eigenvalue weighted by Crippen LogP contribution is 2.37. The minimum atomic E-state index is -0.828. The predicted molar refractivity (Wildman–Crippen MR) is 86.9 cm³/mol. The number of amides is 1. The van der Waals surface area contributed by atoms with Gasteiger partial charge in [-0.2, -0.15) is 5.26 Å². The van der Waals surface area contributed by atoms with Gasteiger partial charge in [0.15, 0.2) is 0 Å². The largest absolute Gasteiger partial charge is 0.480 e. The number of aliphatic carboxylic acids is 1. The minimum Gasteiger partial charge on any atom is -0.480 e. The number of carboxylic acids is 1. The van der Waals surface area contributed by atoms with Gasteiger partial charge in [-0.3, -0.25) is 14.5 Å². The van der Waals surface area contributed by atoms with Crippen molar-refractivity contribution in [2.75, 3.05) is 0 Å². The standard InChI is InChI=1S/C18H21N3O3/c19-10-9-12-1-3-13(4-2-12)11-20-17(22)15-7-8-16(18(23)24)21(15)14-5-6-14/h1-4,14-16H,5-9,11H2,(H,20,22)(H,23,24). The lowest BCUT2D eigenvalue weighted by molar-refractivity contribution is -0.143. The molecule has 0 radical (unpaired) electrons. The monoisotopic (exact) mass is 327 g/mol. The third-order valence-corrected chi connectivity index (χ3v) is 4.76. The Morgan fingerprint density at radius 2 is 1.75 bits per heavy atom. The topological polar surface area (TPSA) is 93.4 Å². The fraction of sp³-hybridized carbons (Fsp3) is 0.500. The molecule has 1 heterocycles. The fourth-order valence-corrected chi connectivity index (χ4v) is 3.40. The second-order valence-corrected chi connectivity index (χ2v) is 6.49. The summed E-state index contributed by atoms with van der Waals surface area (Å²) in [6.07, 6.45) is 3.47. The van der Waals surface area contributed by atoms with Crippen LogP contribution in [0.5, 0.6) is 0 Å². The average molecular weight is 327 g/mol. The predicted octanol–water partition coefficient (Wildman–Crippen LogP) is 1.45. The normalized spacial score (nSPS) is 23.6. The molecule has 2 aliphatic rings. The number of nitrogens with one attached hydrogen (secondary N) is 1. The van der Waals surface area contributed by atoms with Gasteiger partial charge in [-0.1, -0.05) is 24.3 Å². The number of carbonyl (C=O) groups is 2. The van der Waals surface area contributed by atoms with Crippen LogP contribution in [0.3, 0.4) is 0 Å². The summed E-state index contributed by atoms with van der Waals surface area (Å²) in [5.74, 6) is -0.919. The first-order valence-corrected chi connectivity index (χ1v) is 8.33. The highest BCUT2D eigenvalue weighted by molar-refractivity contribution is 5.84. The van der Waals surface area contributed by atoms with Crippen LogP contribution in [-0.2, 0) is 22.6 Å². The Morgan fingerprint density at radius 3 is 2.33 bits per heavy atom. The van der Waals surface area contributed by atoms with Crippen LogP contribution in [0.1, 0.15) is 36.8 Å².